The minimum absolute atomic E-state index is 0.0426. The summed E-state index contributed by atoms with van der Waals surface area (Å²) in [6.07, 6.45) is 2.80. The van der Waals surface area contributed by atoms with Crippen LogP contribution >= 0.6 is 8.60 Å². The number of unbranched alkanes of at least 4 members (excludes halogenated alkanes) is 1. The zero-order valence-electron chi connectivity index (χ0n) is 22.5. The molecule has 1 aromatic rings. The predicted molar refractivity (Wildman–Crippen MR) is 137 cm³/mol. The van der Waals surface area contributed by atoms with Crippen LogP contribution in [0.15, 0.2) is 12.1 Å². The van der Waals surface area contributed by atoms with E-state index in [9.17, 15) is 14.9 Å². The van der Waals surface area contributed by atoms with Crippen LogP contribution in [0.1, 0.15) is 130 Å². The van der Waals surface area contributed by atoms with E-state index >= 15 is 0 Å². The van der Waals surface area contributed by atoms with Crippen LogP contribution in [0.2, 0.25) is 0 Å². The molecule has 0 heterocycles. The van der Waals surface area contributed by atoms with Gasteiger partial charge in [0.25, 0.3) is 0 Å². The first kappa shape index (κ1) is 29.5. The van der Waals surface area contributed by atoms with Gasteiger partial charge in [0.05, 0.1) is 12.7 Å². The Bertz CT molecular complexity index is 732. The van der Waals surface area contributed by atoms with Crippen LogP contribution in [0.25, 0.3) is 0 Å². The van der Waals surface area contributed by atoms with Gasteiger partial charge in [-0.05, 0) is 51.3 Å². The number of hydrogen-bond donors (Lipinski definition) is 3. The second-order valence-corrected chi connectivity index (χ2v) is 13.1. The Hall–Kier alpha value is -0.510. The van der Waals surface area contributed by atoms with Crippen molar-refractivity contribution in [3.63, 3.8) is 0 Å². The molecule has 3 N–H and O–H groups in total. The minimum Gasteiger partial charge on any atom is -0.396 e. The van der Waals surface area contributed by atoms with Crippen LogP contribution < -0.4 is 0 Å². The van der Waals surface area contributed by atoms with Crippen molar-refractivity contribution in [3.8, 4) is 0 Å². The van der Waals surface area contributed by atoms with Crippen LogP contribution in [0, 0.1) is 5.41 Å². The summed E-state index contributed by atoms with van der Waals surface area (Å²) in [7, 11) is -2.58. The van der Waals surface area contributed by atoms with Crippen molar-refractivity contribution in [2.75, 3.05) is 6.61 Å². The van der Waals surface area contributed by atoms with Gasteiger partial charge < -0.3 is 19.4 Å². The van der Waals surface area contributed by atoms with Crippen LogP contribution in [0.3, 0.4) is 0 Å². The third kappa shape index (κ3) is 6.76. The molecule has 2 atom stereocenters. The first-order chi connectivity index (χ1) is 14.5. The van der Waals surface area contributed by atoms with E-state index in [2.05, 4.69) is 88.3 Å². The number of aliphatic hydroxyl groups is 1. The van der Waals surface area contributed by atoms with Crippen molar-refractivity contribution < 1.29 is 19.4 Å². The molecule has 0 saturated carbocycles. The summed E-state index contributed by atoms with van der Waals surface area (Å²) in [5.74, 6) is 0. The summed E-state index contributed by atoms with van der Waals surface area (Å²) >= 11 is 0. The average molecular weight is 469 g/mol. The van der Waals surface area contributed by atoms with Gasteiger partial charge in [0.2, 0.25) is 0 Å². The second kappa shape index (κ2) is 10.8. The highest BCUT2D eigenvalue weighted by Crippen LogP contribution is 2.53. The van der Waals surface area contributed by atoms with E-state index < -0.39 is 20.1 Å². The Labute approximate surface area is 198 Å². The van der Waals surface area contributed by atoms with E-state index in [0.717, 1.165) is 24.8 Å². The highest BCUT2D eigenvalue weighted by atomic mass is 31.2. The van der Waals surface area contributed by atoms with Gasteiger partial charge in [-0.3, -0.25) is 0 Å². The van der Waals surface area contributed by atoms with Crippen LogP contribution in [-0.2, 0) is 20.8 Å². The van der Waals surface area contributed by atoms with Crippen molar-refractivity contribution in [2.24, 2.45) is 5.41 Å². The second-order valence-electron chi connectivity index (χ2n) is 12.4. The van der Waals surface area contributed by atoms with Crippen molar-refractivity contribution in [3.05, 3.63) is 34.4 Å². The zero-order valence-corrected chi connectivity index (χ0v) is 23.4. The summed E-state index contributed by atoms with van der Waals surface area (Å²) in [6, 6.07) is 4.31. The maximum absolute atomic E-state index is 10.6. The molecule has 1 aromatic carbocycles. The van der Waals surface area contributed by atoms with Crippen molar-refractivity contribution in [1.82, 2.24) is 0 Å². The molecule has 0 aliphatic carbocycles. The normalized spacial score (nSPS) is 16.3. The number of rotatable bonds is 9. The van der Waals surface area contributed by atoms with Gasteiger partial charge in [0.15, 0.2) is 0 Å². The van der Waals surface area contributed by atoms with Gasteiger partial charge in [0.1, 0.15) is 0 Å². The van der Waals surface area contributed by atoms with E-state index in [4.69, 9.17) is 4.52 Å². The predicted octanol–water partition coefficient (Wildman–Crippen LogP) is 7.43. The van der Waals surface area contributed by atoms with E-state index in [-0.39, 0.29) is 22.9 Å². The molecule has 1 rings (SSSR count). The van der Waals surface area contributed by atoms with Gasteiger partial charge in [-0.2, -0.15) is 0 Å². The molecule has 4 nitrogen and oxygen atoms in total. The summed E-state index contributed by atoms with van der Waals surface area (Å²) in [6.45, 7) is 24.2. The summed E-state index contributed by atoms with van der Waals surface area (Å²) in [5.41, 5.74) is 3.81. The molecule has 0 aromatic heterocycles. The lowest BCUT2D eigenvalue weighted by Crippen LogP contribution is -2.37. The SMILES string of the molecule is CCCCC(CC)(CO)C(OP(O)O)c1ccc(C(C)(C)C)c(C(C)(C)C)c1C(C)(C)C. The van der Waals surface area contributed by atoms with Gasteiger partial charge in [-0.1, -0.05) is 101 Å². The maximum Gasteiger partial charge on any atom is 0.327 e. The molecule has 0 saturated heterocycles. The van der Waals surface area contributed by atoms with Crippen LogP contribution in [0.5, 0.6) is 0 Å². The summed E-state index contributed by atoms with van der Waals surface area (Å²) in [4.78, 5) is 20.0. The summed E-state index contributed by atoms with van der Waals surface area (Å²) in [5, 5.41) is 10.6. The number of aliphatic hydroxyl groups excluding tert-OH is 1. The van der Waals surface area contributed by atoms with E-state index in [1.807, 2.05) is 0 Å². The fourth-order valence-corrected chi connectivity index (χ4v) is 5.46. The maximum atomic E-state index is 10.6. The third-order valence-electron chi connectivity index (χ3n) is 6.63. The lowest BCUT2D eigenvalue weighted by molar-refractivity contribution is -0.0211. The van der Waals surface area contributed by atoms with Gasteiger partial charge in [-0.15, -0.1) is 0 Å². The van der Waals surface area contributed by atoms with Crippen molar-refractivity contribution >= 4 is 8.60 Å². The van der Waals surface area contributed by atoms with Gasteiger partial charge >= 0.3 is 8.60 Å². The quantitative estimate of drug-likeness (QED) is 0.330. The lowest BCUT2D eigenvalue weighted by Gasteiger charge is -2.44. The van der Waals surface area contributed by atoms with Crippen molar-refractivity contribution in [1.29, 1.82) is 0 Å². The topological polar surface area (TPSA) is 69.9 Å². The smallest absolute Gasteiger partial charge is 0.327 e. The molecule has 0 aliphatic rings. The fraction of sp³-hybridized carbons (Fsp3) is 0.778. The Kier molecular flexibility index (Phi) is 9.99. The molecule has 5 heteroatoms. The van der Waals surface area contributed by atoms with Gasteiger partial charge in [-0.25, -0.2) is 0 Å². The van der Waals surface area contributed by atoms with E-state index in [1.54, 1.807) is 0 Å². The van der Waals surface area contributed by atoms with Gasteiger partial charge in [0, 0.05) is 5.41 Å². The Morgan fingerprint density at radius 1 is 0.844 bits per heavy atom. The highest BCUT2D eigenvalue weighted by molar-refractivity contribution is 7.39. The fourth-order valence-electron chi connectivity index (χ4n) is 4.94. The number of benzene rings is 1. The molecule has 32 heavy (non-hydrogen) atoms. The Morgan fingerprint density at radius 2 is 1.38 bits per heavy atom. The third-order valence-corrected chi connectivity index (χ3v) is 7.03. The zero-order chi connectivity index (χ0) is 25.1. The largest absolute Gasteiger partial charge is 0.396 e. The monoisotopic (exact) mass is 468 g/mol. The van der Waals surface area contributed by atoms with Crippen LogP contribution in [0.4, 0.5) is 0 Å². The summed E-state index contributed by atoms with van der Waals surface area (Å²) < 4.78 is 5.93. The first-order valence-electron chi connectivity index (χ1n) is 12.1. The molecular weight excluding hydrogens is 419 g/mol. The van der Waals surface area contributed by atoms with E-state index in [1.165, 1.54) is 16.7 Å². The molecule has 0 radical (unpaired) electrons. The molecule has 0 aliphatic heterocycles. The lowest BCUT2D eigenvalue weighted by atomic mass is 9.64. The first-order valence-corrected chi connectivity index (χ1v) is 13.3. The minimum atomic E-state index is -2.58. The molecule has 0 bridgehead atoms. The molecular formula is C27H49O4P. The van der Waals surface area contributed by atoms with Crippen molar-refractivity contribution in [2.45, 2.75) is 124 Å². The highest BCUT2D eigenvalue weighted by Gasteiger charge is 2.44. The Balaban J connectivity index is 4.12. The molecule has 186 valence electrons. The molecule has 0 amide bonds. The Morgan fingerprint density at radius 3 is 1.72 bits per heavy atom. The molecule has 0 fully saturated rings. The standard InChI is InChI=1S/C27H49O4P/c1-12-14-17-27(13-2,18-28)23(31-32(29)30)19-15-16-20(24(3,4)5)22(26(9,10)11)21(19)25(6,7)8/h15-16,23,28-30H,12-14,17-18H2,1-11H3. The average Bonchev–Trinajstić information content (AvgIpc) is 2.64. The molecule has 0 spiro atoms. The van der Waals surface area contributed by atoms with Crippen LogP contribution in [-0.4, -0.2) is 21.5 Å². The van der Waals surface area contributed by atoms with E-state index in [0.29, 0.717) is 6.42 Å². The number of hydrogen-bond acceptors (Lipinski definition) is 4. The molecule has 2 unspecified atom stereocenters.